The highest BCUT2D eigenvalue weighted by atomic mass is 16.6. The standard InChI is InChI=1S/C39H71N5O12/c1-36(2,51-9)19-27-55-38(5,6)17-25-53-34(49)42-21-12-11-13-29(43-35(50)54-26-18-39(7,8)56-28-20-37(3,4)52-10)33(48)41-23-22-40-30(45)16-24-44-31(46)14-15-32(44)47/h14-15,29,46-47H,11-13,16-28H2,1-10H3,(H,40,45)(H,41,48)(H,42,49)(H,43,50). The topological polar surface area (TPSA) is 217 Å². The van der Waals surface area contributed by atoms with Gasteiger partial charge in [-0.2, -0.15) is 0 Å². The summed E-state index contributed by atoms with van der Waals surface area (Å²) in [6.45, 7) is 17.4. The van der Waals surface area contributed by atoms with Gasteiger partial charge >= 0.3 is 12.2 Å². The largest absolute Gasteiger partial charge is 0.494 e. The molecule has 0 saturated carbocycles. The van der Waals surface area contributed by atoms with Gasteiger partial charge < -0.3 is 59.9 Å². The van der Waals surface area contributed by atoms with Crippen LogP contribution in [0.15, 0.2) is 12.1 Å². The summed E-state index contributed by atoms with van der Waals surface area (Å²) in [5, 5.41) is 30.2. The quantitative estimate of drug-likeness (QED) is 0.0617. The molecular weight excluding hydrogens is 730 g/mol. The molecule has 17 heteroatoms. The van der Waals surface area contributed by atoms with Gasteiger partial charge in [0.25, 0.3) is 0 Å². The second-order valence-electron chi connectivity index (χ2n) is 16.1. The van der Waals surface area contributed by atoms with Crippen molar-refractivity contribution in [3.63, 3.8) is 0 Å². The van der Waals surface area contributed by atoms with Crippen molar-refractivity contribution in [3.05, 3.63) is 12.1 Å². The maximum Gasteiger partial charge on any atom is 0.407 e. The van der Waals surface area contributed by atoms with Gasteiger partial charge in [-0.05, 0) is 87.5 Å². The van der Waals surface area contributed by atoms with Gasteiger partial charge in [0.15, 0.2) is 11.8 Å². The molecule has 17 nitrogen and oxygen atoms in total. The maximum atomic E-state index is 13.1. The maximum absolute atomic E-state index is 13.1. The minimum absolute atomic E-state index is 0.00529. The molecule has 1 atom stereocenters. The normalized spacial score (nSPS) is 12.8. The number of carbonyl (C=O) groups is 4. The summed E-state index contributed by atoms with van der Waals surface area (Å²) in [6.07, 6.45) is 2.26. The van der Waals surface area contributed by atoms with Crippen LogP contribution in [0, 0.1) is 0 Å². The monoisotopic (exact) mass is 802 g/mol. The number of hydrogen-bond donors (Lipinski definition) is 6. The second kappa shape index (κ2) is 24.8. The molecular formula is C39H71N5O12. The van der Waals surface area contributed by atoms with Gasteiger partial charge in [-0.25, -0.2) is 9.59 Å². The minimum atomic E-state index is -0.943. The molecule has 0 bridgehead atoms. The van der Waals surface area contributed by atoms with Crippen molar-refractivity contribution in [1.82, 2.24) is 25.8 Å². The van der Waals surface area contributed by atoms with Crippen LogP contribution >= 0.6 is 0 Å². The summed E-state index contributed by atoms with van der Waals surface area (Å²) in [7, 11) is 3.32. The number of methoxy groups -OCH3 is 2. The van der Waals surface area contributed by atoms with Crippen LogP contribution in [-0.4, -0.2) is 128 Å². The van der Waals surface area contributed by atoms with Crippen molar-refractivity contribution in [2.24, 2.45) is 0 Å². The van der Waals surface area contributed by atoms with E-state index in [4.69, 9.17) is 28.4 Å². The number of nitrogens with zero attached hydrogens (tertiary/aromatic N) is 1. The molecule has 1 unspecified atom stereocenters. The van der Waals surface area contributed by atoms with E-state index >= 15 is 0 Å². The first-order chi connectivity index (χ1) is 26.1. The molecule has 56 heavy (non-hydrogen) atoms. The van der Waals surface area contributed by atoms with Crippen molar-refractivity contribution < 1.29 is 57.8 Å². The van der Waals surface area contributed by atoms with E-state index in [9.17, 15) is 29.4 Å². The number of amides is 4. The van der Waals surface area contributed by atoms with E-state index < -0.39 is 35.3 Å². The Morgan fingerprint density at radius 3 is 1.64 bits per heavy atom. The fraction of sp³-hybridized carbons (Fsp3) is 0.795. The molecule has 4 amide bonds. The Kier molecular flexibility index (Phi) is 22.2. The van der Waals surface area contributed by atoms with E-state index in [1.165, 1.54) is 16.7 Å². The number of aromatic hydroxyl groups is 2. The number of alkyl carbamates (subject to hydrolysis) is 2. The van der Waals surface area contributed by atoms with Gasteiger partial charge in [0, 0.05) is 71.8 Å². The summed E-state index contributed by atoms with van der Waals surface area (Å²) >= 11 is 0. The number of rotatable bonds is 29. The van der Waals surface area contributed by atoms with Crippen LogP contribution in [0.2, 0.25) is 0 Å². The molecule has 0 aliphatic rings. The molecule has 1 rings (SSSR count). The Balaban J connectivity index is 2.57. The van der Waals surface area contributed by atoms with Gasteiger partial charge in [-0.15, -0.1) is 0 Å². The van der Waals surface area contributed by atoms with Crippen LogP contribution < -0.4 is 21.3 Å². The highest BCUT2D eigenvalue weighted by molar-refractivity contribution is 5.85. The number of carbonyl (C=O) groups excluding carboxylic acids is 4. The van der Waals surface area contributed by atoms with Crippen LogP contribution in [0.1, 0.15) is 107 Å². The zero-order valence-electron chi connectivity index (χ0n) is 35.5. The van der Waals surface area contributed by atoms with Crippen LogP contribution in [0.4, 0.5) is 9.59 Å². The van der Waals surface area contributed by atoms with E-state index in [0.29, 0.717) is 51.9 Å². The third-order valence-corrected chi connectivity index (χ3v) is 9.41. The molecule has 1 aromatic heterocycles. The average molecular weight is 802 g/mol. The van der Waals surface area contributed by atoms with Crippen molar-refractivity contribution in [3.8, 4) is 11.8 Å². The van der Waals surface area contributed by atoms with E-state index in [2.05, 4.69) is 21.3 Å². The molecule has 0 radical (unpaired) electrons. The molecule has 0 fully saturated rings. The molecule has 0 aliphatic carbocycles. The SMILES string of the molecule is COC(C)(C)CCOC(C)(C)CCOC(=O)NCCCCC(NC(=O)OCCC(C)(C)OCCC(C)(C)OC)C(=O)NCCNC(=O)CCn1c(O)ccc1O. The number of nitrogens with one attached hydrogen (secondary N) is 4. The Hall–Kier alpha value is -3.80. The number of unbranched alkanes of at least 4 members (excludes halogenated alkanes) is 1. The number of hydrogen-bond acceptors (Lipinski definition) is 12. The van der Waals surface area contributed by atoms with E-state index in [0.717, 1.165) is 6.42 Å². The molecule has 1 heterocycles. The average Bonchev–Trinajstić information content (AvgIpc) is 3.43. The summed E-state index contributed by atoms with van der Waals surface area (Å²) in [5.74, 6) is -1.13. The summed E-state index contributed by atoms with van der Waals surface area (Å²) in [4.78, 5) is 50.5. The Labute approximate surface area is 333 Å². The number of ether oxygens (including phenoxy) is 6. The van der Waals surface area contributed by atoms with Gasteiger partial charge in [0.1, 0.15) is 6.04 Å². The van der Waals surface area contributed by atoms with Gasteiger partial charge in [0.2, 0.25) is 11.8 Å². The lowest BCUT2D eigenvalue weighted by Crippen LogP contribution is -2.48. The third kappa shape index (κ3) is 22.7. The van der Waals surface area contributed by atoms with Gasteiger partial charge in [-0.1, -0.05) is 0 Å². The van der Waals surface area contributed by atoms with Crippen LogP contribution in [0.5, 0.6) is 11.8 Å². The first-order valence-electron chi connectivity index (χ1n) is 19.4. The molecule has 0 aromatic carbocycles. The Bertz CT molecular complexity index is 1310. The van der Waals surface area contributed by atoms with E-state index in [1.807, 2.05) is 55.4 Å². The van der Waals surface area contributed by atoms with Crippen LogP contribution in [0.25, 0.3) is 0 Å². The zero-order chi connectivity index (χ0) is 42.4. The van der Waals surface area contributed by atoms with Gasteiger partial charge in [0.05, 0.1) is 48.8 Å². The highest BCUT2D eigenvalue weighted by Gasteiger charge is 2.25. The summed E-state index contributed by atoms with van der Waals surface area (Å²) in [6, 6.07) is 1.70. The lowest BCUT2D eigenvalue weighted by Gasteiger charge is -2.28. The molecule has 0 aliphatic heterocycles. The highest BCUT2D eigenvalue weighted by Crippen LogP contribution is 2.22. The summed E-state index contributed by atoms with van der Waals surface area (Å²) < 4.78 is 34.7. The van der Waals surface area contributed by atoms with Crippen molar-refractivity contribution in [2.75, 3.05) is 60.3 Å². The van der Waals surface area contributed by atoms with Crippen molar-refractivity contribution in [2.45, 2.75) is 142 Å². The fourth-order valence-corrected chi connectivity index (χ4v) is 4.93. The van der Waals surface area contributed by atoms with Gasteiger partial charge in [-0.3, -0.25) is 14.2 Å². The van der Waals surface area contributed by atoms with Crippen molar-refractivity contribution >= 4 is 24.0 Å². The lowest BCUT2D eigenvalue weighted by molar-refractivity contribution is -0.124. The van der Waals surface area contributed by atoms with E-state index in [1.54, 1.807) is 14.2 Å². The molecule has 0 saturated heterocycles. The van der Waals surface area contributed by atoms with Crippen LogP contribution in [0.3, 0.4) is 0 Å². The minimum Gasteiger partial charge on any atom is -0.494 e. The fourth-order valence-electron chi connectivity index (χ4n) is 4.93. The lowest BCUT2D eigenvalue weighted by atomic mass is 10.0. The Morgan fingerprint density at radius 2 is 1.12 bits per heavy atom. The first-order valence-corrected chi connectivity index (χ1v) is 19.4. The first kappa shape index (κ1) is 50.2. The predicted octanol–water partition coefficient (Wildman–Crippen LogP) is 4.51. The van der Waals surface area contributed by atoms with Crippen LogP contribution in [-0.2, 0) is 44.6 Å². The predicted molar refractivity (Wildman–Crippen MR) is 211 cm³/mol. The Morgan fingerprint density at radius 1 is 0.643 bits per heavy atom. The van der Waals surface area contributed by atoms with Crippen molar-refractivity contribution in [1.29, 1.82) is 0 Å². The summed E-state index contributed by atoms with van der Waals surface area (Å²) in [5.41, 5.74) is -1.65. The second-order valence-corrected chi connectivity index (χ2v) is 16.1. The number of aromatic nitrogens is 1. The van der Waals surface area contributed by atoms with E-state index in [-0.39, 0.29) is 74.6 Å². The zero-order valence-corrected chi connectivity index (χ0v) is 35.5. The third-order valence-electron chi connectivity index (χ3n) is 9.41. The molecule has 324 valence electrons. The smallest absolute Gasteiger partial charge is 0.407 e. The molecule has 1 aromatic rings. The molecule has 0 spiro atoms. The molecule has 6 N–H and O–H groups in total.